The van der Waals surface area contributed by atoms with Crippen LogP contribution in [0.2, 0.25) is 10.0 Å². The normalized spacial score (nSPS) is 18.4. The molecule has 5 rings (SSSR count). The van der Waals surface area contributed by atoms with E-state index in [1.54, 1.807) is 42.1 Å². The number of anilines is 1. The van der Waals surface area contributed by atoms with E-state index in [0.717, 1.165) is 16.4 Å². The number of carbonyl (C=O) groups is 1. The first-order valence-electron chi connectivity index (χ1n) is 12.0. The van der Waals surface area contributed by atoms with E-state index in [4.69, 9.17) is 23.2 Å². The fraction of sp³-hybridized carbons (Fsp3) is 0.280. The Bertz CT molecular complexity index is 1600. The van der Waals surface area contributed by atoms with Gasteiger partial charge in [0.1, 0.15) is 22.5 Å². The molecule has 2 aliphatic rings. The number of alkyl halides is 3. The third-order valence-electron chi connectivity index (χ3n) is 6.62. The van der Waals surface area contributed by atoms with E-state index in [1.165, 1.54) is 17.0 Å². The number of allylic oxidation sites excluding steroid dienone is 1. The number of amides is 1. The van der Waals surface area contributed by atoms with Gasteiger partial charge in [0.25, 0.3) is 5.91 Å². The molecule has 40 heavy (non-hydrogen) atoms. The summed E-state index contributed by atoms with van der Waals surface area (Å²) in [5.41, 5.74) is 1.64. The third kappa shape index (κ3) is 5.38. The van der Waals surface area contributed by atoms with Gasteiger partial charge in [-0.2, -0.15) is 9.40 Å². The van der Waals surface area contributed by atoms with Gasteiger partial charge in [-0.05, 0) is 36.8 Å². The van der Waals surface area contributed by atoms with Crippen LogP contribution in [0, 0.1) is 0 Å². The minimum absolute atomic E-state index is 0.0111. The van der Waals surface area contributed by atoms with Gasteiger partial charge in [0.15, 0.2) is 0 Å². The van der Waals surface area contributed by atoms with E-state index >= 15 is 0 Å². The third-order valence-corrected chi connectivity index (χ3v) is 9.29. The lowest BCUT2D eigenvalue weighted by Gasteiger charge is -2.37. The van der Waals surface area contributed by atoms with Crippen molar-refractivity contribution >= 4 is 45.0 Å². The first-order chi connectivity index (χ1) is 18.9. The lowest BCUT2D eigenvalue weighted by molar-refractivity contribution is -0.275. The molecule has 1 fully saturated rings. The zero-order valence-corrected chi connectivity index (χ0v) is 23.2. The van der Waals surface area contributed by atoms with Crippen molar-refractivity contribution in [3.05, 3.63) is 81.6 Å². The Hall–Kier alpha value is -3.26. The molecule has 1 N–H and O–H groups in total. The number of nitrogens with one attached hydrogen (secondary N) is 1. The number of nitrogens with zero attached hydrogens (tertiary/aromatic N) is 4. The van der Waals surface area contributed by atoms with Crippen LogP contribution in [0.15, 0.2) is 70.9 Å². The highest BCUT2D eigenvalue weighted by Crippen LogP contribution is 2.39. The molecular weight excluding hydrogens is 594 g/mol. The number of hydrogen-bond acceptors (Lipinski definition) is 6. The largest absolute Gasteiger partial charge is 0.573 e. The summed E-state index contributed by atoms with van der Waals surface area (Å²) in [5.74, 6) is -0.497. The van der Waals surface area contributed by atoms with Crippen LogP contribution in [0.5, 0.6) is 5.75 Å². The Balaban J connectivity index is 1.39. The molecule has 1 amide bonds. The molecule has 212 valence electrons. The number of ether oxygens (including phenoxy) is 1. The van der Waals surface area contributed by atoms with E-state index in [1.807, 2.05) is 0 Å². The smallest absolute Gasteiger partial charge is 0.404 e. The van der Waals surface area contributed by atoms with Crippen LogP contribution in [0.3, 0.4) is 0 Å². The van der Waals surface area contributed by atoms with Crippen LogP contribution in [0.4, 0.5) is 19.0 Å². The van der Waals surface area contributed by atoms with Crippen LogP contribution in [-0.2, 0) is 14.8 Å². The average Bonchev–Trinajstić information content (AvgIpc) is 3.36. The highest BCUT2D eigenvalue weighted by molar-refractivity contribution is 7.89. The van der Waals surface area contributed by atoms with Gasteiger partial charge in [-0.25, -0.2) is 13.1 Å². The van der Waals surface area contributed by atoms with Crippen LogP contribution in [0.1, 0.15) is 18.5 Å². The van der Waals surface area contributed by atoms with E-state index < -0.39 is 33.1 Å². The SMILES string of the molecule is CC1=C(C(=O)N2CCN(S(=O)(=O)c3ccccc3OC(F)(F)F)CC2)C(c2ccc(Cl)c(Cl)c2)n2nccc2N1. The maximum Gasteiger partial charge on any atom is 0.573 e. The topological polar surface area (TPSA) is 96.8 Å². The first-order valence-corrected chi connectivity index (χ1v) is 14.2. The molecule has 0 aliphatic carbocycles. The molecule has 9 nitrogen and oxygen atoms in total. The van der Waals surface area contributed by atoms with E-state index in [2.05, 4.69) is 15.2 Å². The predicted octanol–water partition coefficient (Wildman–Crippen LogP) is 4.91. The van der Waals surface area contributed by atoms with E-state index in [-0.39, 0.29) is 32.1 Å². The molecule has 1 unspecified atom stereocenters. The number of aromatic nitrogens is 2. The number of halogens is 5. The molecule has 1 aromatic heterocycles. The summed E-state index contributed by atoms with van der Waals surface area (Å²) in [6.07, 6.45) is -3.47. The second kappa shape index (κ2) is 10.6. The molecular formula is C25H22Cl2F3N5O4S. The molecule has 3 heterocycles. The highest BCUT2D eigenvalue weighted by atomic mass is 35.5. The summed E-state index contributed by atoms with van der Waals surface area (Å²) in [7, 11) is -4.34. The Kier molecular flexibility index (Phi) is 7.50. The van der Waals surface area contributed by atoms with Crippen molar-refractivity contribution in [2.24, 2.45) is 0 Å². The summed E-state index contributed by atoms with van der Waals surface area (Å²) in [5, 5.41) is 8.23. The van der Waals surface area contributed by atoms with Crippen LogP contribution in [-0.4, -0.2) is 65.9 Å². The van der Waals surface area contributed by atoms with E-state index in [0.29, 0.717) is 32.7 Å². The Morgan fingerprint density at radius 3 is 2.42 bits per heavy atom. The second-order valence-corrected chi connectivity index (χ2v) is 11.8. The molecule has 0 saturated carbocycles. The molecule has 2 aromatic carbocycles. The molecule has 15 heteroatoms. The zero-order chi connectivity index (χ0) is 28.8. The lowest BCUT2D eigenvalue weighted by atomic mass is 9.94. The fourth-order valence-electron chi connectivity index (χ4n) is 4.79. The Morgan fingerprint density at radius 1 is 1.05 bits per heavy atom. The molecule has 1 saturated heterocycles. The number of carbonyl (C=O) groups excluding carboxylic acids is 1. The zero-order valence-electron chi connectivity index (χ0n) is 20.8. The summed E-state index contributed by atoms with van der Waals surface area (Å²) in [4.78, 5) is 14.8. The standard InChI is InChI=1S/C25H22Cl2F3N5O4S/c1-15-22(23(35-21(32-15)8-9-31-35)16-6-7-17(26)18(27)14-16)24(36)33-10-12-34(13-11-33)40(37,38)20-5-3-2-4-19(20)39-25(28,29)30/h2-9,14,23,32H,10-13H2,1H3. The van der Waals surface area contributed by atoms with Crippen molar-refractivity contribution in [3.8, 4) is 5.75 Å². The Labute approximate surface area is 237 Å². The minimum Gasteiger partial charge on any atom is -0.404 e. The van der Waals surface area contributed by atoms with Crippen molar-refractivity contribution in [2.75, 3.05) is 31.5 Å². The van der Waals surface area contributed by atoms with Crippen LogP contribution >= 0.6 is 23.2 Å². The van der Waals surface area contributed by atoms with Gasteiger partial charge >= 0.3 is 6.36 Å². The number of hydrogen-bond donors (Lipinski definition) is 1. The fourth-order valence-corrected chi connectivity index (χ4v) is 6.63. The van der Waals surface area contributed by atoms with Gasteiger partial charge in [0.2, 0.25) is 10.0 Å². The monoisotopic (exact) mass is 615 g/mol. The van der Waals surface area contributed by atoms with Crippen molar-refractivity contribution in [3.63, 3.8) is 0 Å². The minimum atomic E-state index is -5.06. The van der Waals surface area contributed by atoms with Crippen LogP contribution in [0.25, 0.3) is 0 Å². The number of piperazine rings is 1. The van der Waals surface area contributed by atoms with Crippen molar-refractivity contribution in [1.29, 1.82) is 0 Å². The molecule has 2 aliphatic heterocycles. The lowest BCUT2D eigenvalue weighted by Crippen LogP contribution is -2.51. The van der Waals surface area contributed by atoms with Crippen LogP contribution < -0.4 is 10.1 Å². The molecule has 0 radical (unpaired) electrons. The number of para-hydroxylation sites is 1. The second-order valence-electron chi connectivity index (χ2n) is 9.09. The van der Waals surface area contributed by atoms with Crippen molar-refractivity contribution in [1.82, 2.24) is 19.0 Å². The van der Waals surface area contributed by atoms with E-state index in [9.17, 15) is 26.4 Å². The number of benzene rings is 2. The molecule has 0 bridgehead atoms. The Morgan fingerprint density at radius 2 is 1.75 bits per heavy atom. The van der Waals surface area contributed by atoms with Crippen molar-refractivity contribution in [2.45, 2.75) is 24.2 Å². The quantitative estimate of drug-likeness (QED) is 0.438. The summed E-state index contributed by atoms with van der Waals surface area (Å²) < 4.78 is 71.7. The van der Waals surface area contributed by atoms with Gasteiger partial charge in [-0.3, -0.25) is 4.79 Å². The van der Waals surface area contributed by atoms with Gasteiger partial charge in [0, 0.05) is 37.9 Å². The summed E-state index contributed by atoms with van der Waals surface area (Å²) >= 11 is 12.4. The number of sulfonamides is 1. The molecule has 0 spiro atoms. The number of fused-ring (bicyclic) bond motifs is 1. The average molecular weight is 616 g/mol. The van der Waals surface area contributed by atoms with Gasteiger partial charge in [0.05, 0.1) is 21.8 Å². The highest BCUT2D eigenvalue weighted by Gasteiger charge is 2.39. The maximum atomic E-state index is 13.9. The maximum absolute atomic E-state index is 13.9. The molecule has 1 atom stereocenters. The first kappa shape index (κ1) is 28.3. The number of rotatable bonds is 5. The summed E-state index contributed by atoms with van der Waals surface area (Å²) in [6, 6.07) is 10.7. The summed E-state index contributed by atoms with van der Waals surface area (Å²) in [6.45, 7) is 1.53. The molecule has 3 aromatic rings. The predicted molar refractivity (Wildman–Crippen MR) is 142 cm³/mol. The van der Waals surface area contributed by atoms with Gasteiger partial charge in [-0.1, -0.05) is 41.4 Å². The van der Waals surface area contributed by atoms with Crippen molar-refractivity contribution < 1.29 is 31.1 Å². The van der Waals surface area contributed by atoms with Gasteiger partial charge in [-0.15, -0.1) is 13.2 Å². The van der Waals surface area contributed by atoms with Gasteiger partial charge < -0.3 is 15.0 Å².